The van der Waals surface area contributed by atoms with Crippen LogP contribution in [0.5, 0.6) is 0 Å². The van der Waals surface area contributed by atoms with E-state index < -0.39 is 0 Å². The number of morpholine rings is 1. The van der Waals surface area contributed by atoms with E-state index in [0.717, 1.165) is 5.69 Å². The number of ether oxygens (including phenoxy) is 1. The molecule has 2 rings (SSSR count). The number of carbonyl (C=O) groups excluding carboxylic acids is 2. The SMILES string of the molecule is CC(C)(C)NC(=O)NCC1CN(c2ccccc2)C(=O)CO1. The van der Waals surface area contributed by atoms with Crippen LogP contribution in [0.25, 0.3) is 0 Å². The molecule has 1 fully saturated rings. The van der Waals surface area contributed by atoms with Gasteiger partial charge in [-0.05, 0) is 32.9 Å². The lowest BCUT2D eigenvalue weighted by Gasteiger charge is -2.33. The molecule has 0 aliphatic carbocycles. The maximum absolute atomic E-state index is 12.0. The fraction of sp³-hybridized carbons (Fsp3) is 0.500. The molecule has 22 heavy (non-hydrogen) atoms. The molecule has 0 aromatic heterocycles. The first-order valence-corrected chi connectivity index (χ1v) is 7.38. The fourth-order valence-electron chi connectivity index (χ4n) is 2.20. The second-order valence-electron chi connectivity index (χ2n) is 6.36. The summed E-state index contributed by atoms with van der Waals surface area (Å²) in [7, 11) is 0. The number of para-hydroxylation sites is 1. The number of carbonyl (C=O) groups is 2. The van der Waals surface area contributed by atoms with Crippen molar-refractivity contribution >= 4 is 17.6 Å². The molecule has 3 amide bonds. The molecule has 1 aliphatic rings. The van der Waals surface area contributed by atoms with E-state index in [4.69, 9.17) is 4.74 Å². The summed E-state index contributed by atoms with van der Waals surface area (Å²) < 4.78 is 5.49. The Morgan fingerprint density at radius 1 is 1.32 bits per heavy atom. The summed E-state index contributed by atoms with van der Waals surface area (Å²) in [6, 6.07) is 9.23. The Morgan fingerprint density at radius 3 is 2.64 bits per heavy atom. The molecule has 1 unspecified atom stereocenters. The van der Waals surface area contributed by atoms with Crippen LogP contribution < -0.4 is 15.5 Å². The van der Waals surface area contributed by atoms with Gasteiger partial charge < -0.3 is 20.3 Å². The van der Waals surface area contributed by atoms with E-state index in [1.807, 2.05) is 51.1 Å². The monoisotopic (exact) mass is 305 g/mol. The second-order valence-corrected chi connectivity index (χ2v) is 6.36. The molecule has 1 atom stereocenters. The van der Waals surface area contributed by atoms with Crippen LogP contribution in [0.1, 0.15) is 20.8 Å². The number of nitrogens with one attached hydrogen (secondary N) is 2. The Bertz CT molecular complexity index is 525. The Labute approximate surface area is 130 Å². The van der Waals surface area contributed by atoms with Gasteiger partial charge in [-0.3, -0.25) is 4.79 Å². The van der Waals surface area contributed by atoms with Crippen LogP contribution in [0.15, 0.2) is 30.3 Å². The van der Waals surface area contributed by atoms with Crippen LogP contribution in [0.2, 0.25) is 0 Å². The van der Waals surface area contributed by atoms with E-state index in [-0.39, 0.29) is 30.2 Å². The van der Waals surface area contributed by atoms with Crippen LogP contribution >= 0.6 is 0 Å². The number of nitrogens with zero attached hydrogens (tertiary/aromatic N) is 1. The van der Waals surface area contributed by atoms with Crippen molar-refractivity contribution in [2.75, 3.05) is 24.6 Å². The molecule has 1 saturated heterocycles. The van der Waals surface area contributed by atoms with Crippen molar-refractivity contribution in [2.24, 2.45) is 0 Å². The molecular weight excluding hydrogens is 282 g/mol. The third kappa shape index (κ3) is 4.73. The van der Waals surface area contributed by atoms with Crippen LogP contribution in [0.4, 0.5) is 10.5 Å². The summed E-state index contributed by atoms with van der Waals surface area (Å²) in [6.07, 6.45) is -0.219. The molecule has 1 aliphatic heterocycles. The van der Waals surface area contributed by atoms with Crippen molar-refractivity contribution in [3.8, 4) is 0 Å². The first-order valence-electron chi connectivity index (χ1n) is 7.38. The Hall–Kier alpha value is -2.08. The van der Waals surface area contributed by atoms with Gasteiger partial charge in [0, 0.05) is 17.8 Å². The predicted octanol–water partition coefficient (Wildman–Crippen LogP) is 1.52. The van der Waals surface area contributed by atoms with Crippen molar-refractivity contribution in [3.05, 3.63) is 30.3 Å². The van der Waals surface area contributed by atoms with Gasteiger partial charge in [-0.1, -0.05) is 18.2 Å². The smallest absolute Gasteiger partial charge is 0.315 e. The third-order valence-corrected chi connectivity index (χ3v) is 3.18. The van der Waals surface area contributed by atoms with Crippen LogP contribution in [-0.4, -0.2) is 43.3 Å². The highest BCUT2D eigenvalue weighted by Crippen LogP contribution is 2.17. The van der Waals surface area contributed by atoms with Gasteiger partial charge in [0.2, 0.25) is 0 Å². The molecule has 1 heterocycles. The van der Waals surface area contributed by atoms with Gasteiger partial charge in [-0.25, -0.2) is 4.79 Å². The summed E-state index contributed by atoms with van der Waals surface area (Å²) in [6.45, 7) is 6.57. The maximum Gasteiger partial charge on any atom is 0.315 e. The molecule has 0 radical (unpaired) electrons. The van der Waals surface area contributed by atoms with Gasteiger partial charge in [0.05, 0.1) is 12.6 Å². The predicted molar refractivity (Wildman–Crippen MR) is 84.8 cm³/mol. The lowest BCUT2D eigenvalue weighted by molar-refractivity contribution is -0.129. The first kappa shape index (κ1) is 16.3. The highest BCUT2D eigenvalue weighted by molar-refractivity contribution is 5.94. The number of amides is 3. The van der Waals surface area contributed by atoms with Crippen molar-refractivity contribution in [3.63, 3.8) is 0 Å². The second kappa shape index (κ2) is 6.79. The molecule has 2 N–H and O–H groups in total. The molecular formula is C16H23N3O3. The maximum atomic E-state index is 12.0. The lowest BCUT2D eigenvalue weighted by atomic mass is 10.1. The van der Waals surface area contributed by atoms with Gasteiger partial charge in [0.25, 0.3) is 5.91 Å². The van der Waals surface area contributed by atoms with E-state index >= 15 is 0 Å². The molecule has 1 aromatic carbocycles. The van der Waals surface area contributed by atoms with Gasteiger partial charge in [0.15, 0.2) is 0 Å². The Morgan fingerprint density at radius 2 is 2.00 bits per heavy atom. The lowest BCUT2D eigenvalue weighted by Crippen LogP contribution is -2.53. The van der Waals surface area contributed by atoms with E-state index in [1.165, 1.54) is 0 Å². The minimum Gasteiger partial charge on any atom is -0.365 e. The van der Waals surface area contributed by atoms with E-state index in [1.54, 1.807) is 4.90 Å². The molecule has 0 saturated carbocycles. The van der Waals surface area contributed by atoms with Crippen molar-refractivity contribution < 1.29 is 14.3 Å². The molecule has 6 heteroatoms. The average Bonchev–Trinajstić information content (AvgIpc) is 2.45. The number of hydrogen-bond acceptors (Lipinski definition) is 3. The fourth-order valence-corrected chi connectivity index (χ4v) is 2.20. The van der Waals surface area contributed by atoms with E-state index in [2.05, 4.69) is 10.6 Å². The van der Waals surface area contributed by atoms with Crippen molar-refractivity contribution in [2.45, 2.75) is 32.4 Å². The first-order chi connectivity index (χ1) is 10.3. The Balaban J connectivity index is 1.89. The molecule has 0 spiro atoms. The zero-order chi connectivity index (χ0) is 16.2. The van der Waals surface area contributed by atoms with Gasteiger partial charge >= 0.3 is 6.03 Å². The quantitative estimate of drug-likeness (QED) is 0.889. The van der Waals surface area contributed by atoms with Crippen molar-refractivity contribution in [1.29, 1.82) is 0 Å². The minimum atomic E-state index is -0.288. The summed E-state index contributed by atoms with van der Waals surface area (Å²) in [4.78, 5) is 25.4. The van der Waals surface area contributed by atoms with Gasteiger partial charge in [0.1, 0.15) is 6.61 Å². The van der Waals surface area contributed by atoms with Gasteiger partial charge in [-0.2, -0.15) is 0 Å². The Kier molecular flexibility index (Phi) is 5.03. The summed E-state index contributed by atoms with van der Waals surface area (Å²) >= 11 is 0. The average molecular weight is 305 g/mol. The number of benzene rings is 1. The normalized spacial score (nSPS) is 19.0. The topological polar surface area (TPSA) is 70.7 Å². The summed E-state index contributed by atoms with van der Waals surface area (Å²) in [5, 5.41) is 5.61. The molecule has 1 aromatic rings. The summed E-state index contributed by atoms with van der Waals surface area (Å²) in [5.41, 5.74) is 0.559. The third-order valence-electron chi connectivity index (χ3n) is 3.18. The number of anilines is 1. The highest BCUT2D eigenvalue weighted by atomic mass is 16.5. The number of rotatable bonds is 3. The van der Waals surface area contributed by atoms with Crippen molar-refractivity contribution in [1.82, 2.24) is 10.6 Å². The standard InChI is InChI=1S/C16H23N3O3/c1-16(2,3)18-15(21)17-9-13-10-19(14(20)11-22-13)12-7-5-4-6-8-12/h4-8,13H,9-11H2,1-3H3,(H2,17,18,21). The number of hydrogen-bond donors (Lipinski definition) is 2. The zero-order valence-corrected chi connectivity index (χ0v) is 13.3. The van der Waals surface area contributed by atoms with Crippen LogP contribution in [0.3, 0.4) is 0 Å². The summed E-state index contributed by atoms with van der Waals surface area (Å²) in [5.74, 6) is -0.0680. The number of urea groups is 1. The van der Waals surface area contributed by atoms with Crippen LogP contribution in [-0.2, 0) is 9.53 Å². The molecule has 6 nitrogen and oxygen atoms in total. The minimum absolute atomic E-state index is 0.0299. The van der Waals surface area contributed by atoms with Crippen LogP contribution in [0, 0.1) is 0 Å². The zero-order valence-electron chi connectivity index (χ0n) is 13.3. The molecule has 0 bridgehead atoms. The highest BCUT2D eigenvalue weighted by Gasteiger charge is 2.27. The van der Waals surface area contributed by atoms with Gasteiger partial charge in [-0.15, -0.1) is 0 Å². The van der Waals surface area contributed by atoms with E-state index in [0.29, 0.717) is 13.1 Å². The molecule has 120 valence electrons. The van der Waals surface area contributed by atoms with E-state index in [9.17, 15) is 9.59 Å². The largest absolute Gasteiger partial charge is 0.365 e.